The third kappa shape index (κ3) is 5.53. The lowest BCUT2D eigenvalue weighted by molar-refractivity contribution is -0.113. The van der Waals surface area contributed by atoms with Gasteiger partial charge in [0.25, 0.3) is 0 Å². The van der Waals surface area contributed by atoms with E-state index in [2.05, 4.69) is 22.1 Å². The molecule has 0 aliphatic carbocycles. The van der Waals surface area contributed by atoms with Crippen molar-refractivity contribution in [3.05, 3.63) is 82.7 Å². The van der Waals surface area contributed by atoms with Crippen LogP contribution < -0.4 is 5.32 Å². The van der Waals surface area contributed by atoms with E-state index in [1.54, 1.807) is 12.1 Å². The van der Waals surface area contributed by atoms with Gasteiger partial charge in [0.2, 0.25) is 5.91 Å². The molecule has 2 aromatic heterocycles. The van der Waals surface area contributed by atoms with Gasteiger partial charge < -0.3 is 10.1 Å². The number of hydrogen-bond donors (Lipinski definition) is 1. The van der Waals surface area contributed by atoms with Crippen LogP contribution in [0.2, 0.25) is 5.02 Å². The Morgan fingerprint density at radius 3 is 2.61 bits per heavy atom. The predicted octanol–water partition coefficient (Wildman–Crippen LogP) is 6.34. The van der Waals surface area contributed by atoms with E-state index in [1.165, 1.54) is 30.2 Å². The number of thioether (sulfide) groups is 1. The first-order valence-corrected chi connectivity index (χ1v) is 13.1. The smallest absolute Gasteiger partial charge is 0.341 e. The Labute approximate surface area is 222 Å². The average Bonchev–Trinajstić information content (AvgIpc) is 3.43. The Morgan fingerprint density at radius 2 is 1.92 bits per heavy atom. The Kier molecular flexibility index (Phi) is 8.25. The number of ether oxygens (including phenoxy) is 1. The number of thiophene rings is 1. The van der Waals surface area contributed by atoms with Crippen molar-refractivity contribution >= 4 is 51.6 Å². The molecule has 0 atom stereocenters. The summed E-state index contributed by atoms with van der Waals surface area (Å²) >= 11 is 8.73. The molecule has 0 saturated heterocycles. The highest BCUT2D eigenvalue weighted by atomic mass is 35.5. The van der Waals surface area contributed by atoms with Gasteiger partial charge in [-0.2, -0.15) is 0 Å². The number of allylic oxidation sites excluding steroid dienone is 1. The summed E-state index contributed by atoms with van der Waals surface area (Å²) < 4.78 is 6.90. The summed E-state index contributed by atoms with van der Waals surface area (Å²) in [6.07, 6.45) is 1.74. The van der Waals surface area contributed by atoms with Crippen LogP contribution in [0.1, 0.15) is 15.2 Å². The maximum atomic E-state index is 12.9. The first kappa shape index (κ1) is 25.7. The van der Waals surface area contributed by atoms with Crippen LogP contribution in [-0.4, -0.2) is 39.5 Å². The molecule has 184 valence electrons. The minimum absolute atomic E-state index is 0.0725. The van der Waals surface area contributed by atoms with Crippen LogP contribution in [0.3, 0.4) is 0 Å². The fourth-order valence-corrected chi connectivity index (χ4v) is 5.72. The van der Waals surface area contributed by atoms with Crippen LogP contribution in [0.4, 0.5) is 5.00 Å². The molecule has 0 unspecified atom stereocenters. The second kappa shape index (κ2) is 11.6. The summed E-state index contributed by atoms with van der Waals surface area (Å²) in [6, 6.07) is 16.9. The molecule has 10 heteroatoms. The molecule has 0 aliphatic heterocycles. The van der Waals surface area contributed by atoms with Gasteiger partial charge in [0.1, 0.15) is 10.6 Å². The van der Waals surface area contributed by atoms with E-state index in [9.17, 15) is 9.59 Å². The molecule has 0 bridgehead atoms. The maximum Gasteiger partial charge on any atom is 0.341 e. The normalized spacial score (nSPS) is 10.8. The number of nitrogens with zero attached hydrogens (tertiary/aromatic N) is 3. The molecule has 2 heterocycles. The Morgan fingerprint density at radius 1 is 1.17 bits per heavy atom. The predicted molar refractivity (Wildman–Crippen MR) is 146 cm³/mol. The number of rotatable bonds is 9. The van der Waals surface area contributed by atoms with Gasteiger partial charge in [0.05, 0.1) is 12.9 Å². The van der Waals surface area contributed by atoms with Crippen molar-refractivity contribution in [2.24, 2.45) is 0 Å². The molecule has 0 fully saturated rings. The lowest BCUT2D eigenvalue weighted by Crippen LogP contribution is -2.16. The zero-order valence-corrected chi connectivity index (χ0v) is 22.0. The Bertz CT molecular complexity index is 1420. The Balaban J connectivity index is 1.55. The molecule has 0 spiro atoms. The summed E-state index contributed by atoms with van der Waals surface area (Å²) in [7, 11) is 1.33. The third-order valence-electron chi connectivity index (χ3n) is 5.23. The van der Waals surface area contributed by atoms with Gasteiger partial charge in [-0.1, -0.05) is 71.9 Å². The summed E-state index contributed by atoms with van der Waals surface area (Å²) in [5, 5.41) is 13.1. The molecule has 1 N–H and O–H groups in total. The van der Waals surface area contributed by atoms with Crippen LogP contribution in [0, 0.1) is 6.92 Å². The van der Waals surface area contributed by atoms with Crippen molar-refractivity contribution in [3.63, 3.8) is 0 Å². The first-order chi connectivity index (χ1) is 17.4. The zero-order valence-electron chi connectivity index (χ0n) is 19.7. The van der Waals surface area contributed by atoms with Crippen molar-refractivity contribution in [2.45, 2.75) is 18.6 Å². The monoisotopic (exact) mass is 538 g/mol. The number of benzene rings is 2. The number of carbonyl (C=O) groups is 2. The number of nitrogens with one attached hydrogen (secondary N) is 1. The molecule has 7 nitrogen and oxygen atoms in total. The summed E-state index contributed by atoms with van der Waals surface area (Å²) in [5.74, 6) is -0.0699. The minimum atomic E-state index is -0.502. The van der Waals surface area contributed by atoms with E-state index in [0.717, 1.165) is 21.6 Å². The van der Waals surface area contributed by atoms with Crippen molar-refractivity contribution in [2.75, 3.05) is 18.2 Å². The van der Waals surface area contributed by atoms with Crippen molar-refractivity contribution < 1.29 is 14.3 Å². The number of hydrogen-bond acceptors (Lipinski definition) is 7. The third-order valence-corrected chi connectivity index (χ3v) is 7.46. The SMILES string of the molecule is C=CCn1c(SCC(=O)Nc2sc(C)c(-c3ccccc3)c2C(=O)OC)nnc1-c1cccc(Cl)c1. The number of halogens is 1. The number of aromatic nitrogens is 3. The van der Waals surface area contributed by atoms with Gasteiger partial charge in [0.15, 0.2) is 11.0 Å². The van der Waals surface area contributed by atoms with E-state index in [-0.39, 0.29) is 11.7 Å². The van der Waals surface area contributed by atoms with Gasteiger partial charge in [-0.3, -0.25) is 9.36 Å². The van der Waals surface area contributed by atoms with Crippen LogP contribution >= 0.6 is 34.7 Å². The van der Waals surface area contributed by atoms with Crippen LogP contribution in [0.25, 0.3) is 22.5 Å². The number of anilines is 1. The topological polar surface area (TPSA) is 86.1 Å². The molecule has 4 rings (SSSR count). The minimum Gasteiger partial charge on any atom is -0.465 e. The quantitative estimate of drug-likeness (QED) is 0.152. The highest BCUT2D eigenvalue weighted by Crippen LogP contribution is 2.40. The van der Waals surface area contributed by atoms with Gasteiger partial charge in [0, 0.05) is 27.6 Å². The molecule has 36 heavy (non-hydrogen) atoms. The molecule has 4 aromatic rings. The molecule has 0 saturated carbocycles. The second-order valence-electron chi connectivity index (χ2n) is 7.65. The number of aryl methyl sites for hydroxylation is 1. The van der Waals surface area contributed by atoms with E-state index in [0.29, 0.717) is 33.1 Å². The largest absolute Gasteiger partial charge is 0.465 e. The lowest BCUT2D eigenvalue weighted by Gasteiger charge is -2.09. The molecular weight excluding hydrogens is 516 g/mol. The van der Waals surface area contributed by atoms with E-state index in [1.807, 2.05) is 60.0 Å². The van der Waals surface area contributed by atoms with E-state index in [4.69, 9.17) is 16.3 Å². The molecule has 2 aromatic carbocycles. The van der Waals surface area contributed by atoms with E-state index < -0.39 is 5.97 Å². The van der Waals surface area contributed by atoms with Gasteiger partial charge in [-0.05, 0) is 24.6 Å². The number of methoxy groups -OCH3 is 1. The lowest BCUT2D eigenvalue weighted by atomic mass is 10.0. The number of carbonyl (C=O) groups excluding carboxylic acids is 2. The first-order valence-electron chi connectivity index (χ1n) is 10.9. The van der Waals surface area contributed by atoms with E-state index >= 15 is 0 Å². The second-order valence-corrected chi connectivity index (χ2v) is 10.3. The van der Waals surface area contributed by atoms with Crippen LogP contribution in [0.15, 0.2) is 72.4 Å². The molecule has 1 amide bonds. The Hall–Kier alpha value is -3.40. The van der Waals surface area contributed by atoms with Gasteiger partial charge >= 0.3 is 5.97 Å². The maximum absolute atomic E-state index is 12.9. The summed E-state index contributed by atoms with van der Waals surface area (Å²) in [5.41, 5.74) is 2.81. The van der Waals surface area contributed by atoms with Crippen LogP contribution in [0.5, 0.6) is 0 Å². The van der Waals surface area contributed by atoms with Crippen molar-refractivity contribution in [3.8, 4) is 22.5 Å². The standard InChI is InChI=1S/C26H23ClN4O3S2/c1-4-13-31-23(18-11-8-12-19(27)14-18)29-30-26(31)35-15-20(32)28-24-22(25(33)34-3)21(16(2)36-24)17-9-6-5-7-10-17/h4-12,14H,1,13,15H2,2-3H3,(H,28,32). The molecular formula is C26H23ClN4O3S2. The molecule has 0 radical (unpaired) electrons. The highest BCUT2D eigenvalue weighted by molar-refractivity contribution is 7.99. The van der Waals surface area contributed by atoms with Gasteiger partial charge in [-0.25, -0.2) is 4.79 Å². The number of esters is 1. The highest BCUT2D eigenvalue weighted by Gasteiger charge is 2.25. The van der Waals surface area contributed by atoms with Gasteiger partial charge in [-0.15, -0.1) is 28.1 Å². The van der Waals surface area contributed by atoms with Crippen molar-refractivity contribution in [1.29, 1.82) is 0 Å². The molecule has 0 aliphatic rings. The van der Waals surface area contributed by atoms with Crippen LogP contribution in [-0.2, 0) is 16.1 Å². The van der Waals surface area contributed by atoms with Crippen molar-refractivity contribution in [1.82, 2.24) is 14.8 Å². The summed E-state index contributed by atoms with van der Waals surface area (Å²) in [4.78, 5) is 26.5. The summed E-state index contributed by atoms with van der Waals surface area (Å²) in [6.45, 7) is 6.20. The average molecular weight is 539 g/mol. The number of amides is 1. The zero-order chi connectivity index (χ0) is 25.7. The fourth-order valence-electron chi connectivity index (χ4n) is 3.71. The fraction of sp³-hybridized carbons (Fsp3) is 0.154.